The van der Waals surface area contributed by atoms with Gasteiger partial charge in [-0.05, 0) is 30.7 Å². The fourth-order valence-corrected chi connectivity index (χ4v) is 1.26. The van der Waals surface area contributed by atoms with E-state index in [1.165, 1.54) is 24.3 Å². The summed E-state index contributed by atoms with van der Waals surface area (Å²) in [5.74, 6) is -2.65. The minimum absolute atomic E-state index is 0.102. The minimum Gasteiger partial charge on any atom is -0.494 e. The lowest BCUT2D eigenvalue weighted by molar-refractivity contribution is -0.173. The molecule has 1 amide bonds. The number of hydrogen-bond donors (Lipinski definition) is 2. The van der Waals surface area contributed by atoms with Crippen molar-refractivity contribution in [3.8, 4) is 5.75 Å². The lowest BCUT2D eigenvalue weighted by Crippen LogP contribution is -2.37. The number of benzene rings is 1. The Kier molecular flexibility index (Phi) is 5.36. The maximum absolute atomic E-state index is 11.8. The zero-order chi connectivity index (χ0) is 15.2. The van der Waals surface area contributed by atoms with E-state index < -0.39 is 18.1 Å². The smallest absolute Gasteiger partial charge is 0.471 e. The van der Waals surface area contributed by atoms with Crippen molar-refractivity contribution >= 4 is 11.9 Å². The number of alkyl halides is 3. The number of amides is 1. The summed E-state index contributed by atoms with van der Waals surface area (Å²) >= 11 is 0. The van der Waals surface area contributed by atoms with Crippen LogP contribution in [0.15, 0.2) is 24.3 Å². The van der Waals surface area contributed by atoms with Gasteiger partial charge >= 0.3 is 18.1 Å². The first-order valence-electron chi connectivity index (χ1n) is 5.62. The summed E-state index contributed by atoms with van der Waals surface area (Å²) < 4.78 is 40.7. The molecule has 8 heteroatoms. The molecular formula is C12H12F3NO4. The van der Waals surface area contributed by atoms with Crippen LogP contribution in [0.3, 0.4) is 0 Å². The standard InChI is InChI=1S/C12H12F3NO4/c13-12(14,15)11(19)16-6-1-7-20-9-4-2-8(3-5-9)10(17)18/h2-5H,1,6-7H2,(H,16,19)(H,17,18). The van der Waals surface area contributed by atoms with E-state index in [0.717, 1.165) is 0 Å². The number of nitrogens with one attached hydrogen (secondary N) is 1. The molecule has 0 aliphatic heterocycles. The van der Waals surface area contributed by atoms with E-state index in [-0.39, 0.29) is 25.1 Å². The van der Waals surface area contributed by atoms with Gasteiger partial charge < -0.3 is 15.2 Å². The molecule has 0 atom stereocenters. The zero-order valence-corrected chi connectivity index (χ0v) is 10.2. The van der Waals surface area contributed by atoms with E-state index in [0.29, 0.717) is 5.75 Å². The molecule has 0 unspecified atom stereocenters. The Balaban J connectivity index is 2.25. The molecular weight excluding hydrogens is 279 g/mol. The van der Waals surface area contributed by atoms with Crippen molar-refractivity contribution in [2.24, 2.45) is 0 Å². The van der Waals surface area contributed by atoms with Crippen LogP contribution in [0.2, 0.25) is 0 Å². The molecule has 0 fully saturated rings. The highest BCUT2D eigenvalue weighted by atomic mass is 19.4. The number of aromatic carboxylic acids is 1. The van der Waals surface area contributed by atoms with Crippen molar-refractivity contribution < 1.29 is 32.6 Å². The average molecular weight is 291 g/mol. The van der Waals surface area contributed by atoms with Gasteiger partial charge in [-0.15, -0.1) is 0 Å². The molecule has 0 aromatic heterocycles. The predicted molar refractivity (Wildman–Crippen MR) is 62.6 cm³/mol. The summed E-state index contributed by atoms with van der Waals surface area (Å²) in [6, 6.07) is 5.59. The van der Waals surface area contributed by atoms with Crippen LogP contribution in [0.25, 0.3) is 0 Å². The first-order valence-corrected chi connectivity index (χ1v) is 5.62. The average Bonchev–Trinajstić information content (AvgIpc) is 2.37. The highest BCUT2D eigenvalue weighted by Gasteiger charge is 2.38. The third kappa shape index (κ3) is 5.17. The summed E-state index contributed by atoms with van der Waals surface area (Å²) in [4.78, 5) is 21.0. The van der Waals surface area contributed by atoms with E-state index in [1.807, 2.05) is 0 Å². The molecule has 5 nitrogen and oxygen atoms in total. The van der Waals surface area contributed by atoms with Crippen LogP contribution in [-0.2, 0) is 4.79 Å². The largest absolute Gasteiger partial charge is 0.494 e. The van der Waals surface area contributed by atoms with Gasteiger partial charge in [-0.25, -0.2) is 4.79 Å². The molecule has 0 aliphatic rings. The lowest BCUT2D eigenvalue weighted by Gasteiger charge is -2.09. The number of rotatable bonds is 6. The second-order valence-corrected chi connectivity index (χ2v) is 3.79. The van der Waals surface area contributed by atoms with E-state index in [9.17, 15) is 22.8 Å². The van der Waals surface area contributed by atoms with Gasteiger partial charge in [-0.3, -0.25) is 4.79 Å². The first kappa shape index (κ1) is 15.8. The van der Waals surface area contributed by atoms with Gasteiger partial charge in [0, 0.05) is 6.54 Å². The molecule has 2 N–H and O–H groups in total. The Bertz CT molecular complexity index is 471. The summed E-state index contributed by atoms with van der Waals surface area (Å²) in [6.07, 6.45) is -4.68. The summed E-state index contributed by atoms with van der Waals surface area (Å²) in [6.45, 7) is -0.0594. The zero-order valence-electron chi connectivity index (χ0n) is 10.2. The van der Waals surface area contributed by atoms with Crippen LogP contribution in [0.4, 0.5) is 13.2 Å². The first-order chi connectivity index (χ1) is 9.30. The van der Waals surface area contributed by atoms with Crippen LogP contribution >= 0.6 is 0 Å². The third-order valence-corrected chi connectivity index (χ3v) is 2.23. The number of ether oxygens (including phenoxy) is 1. The highest BCUT2D eigenvalue weighted by molar-refractivity contribution is 5.87. The Morgan fingerprint density at radius 3 is 2.30 bits per heavy atom. The Morgan fingerprint density at radius 2 is 1.80 bits per heavy atom. The van der Waals surface area contributed by atoms with Crippen molar-refractivity contribution in [2.45, 2.75) is 12.6 Å². The lowest BCUT2D eigenvalue weighted by atomic mass is 10.2. The molecule has 1 aromatic carbocycles. The minimum atomic E-state index is -4.88. The van der Waals surface area contributed by atoms with Gasteiger partial charge in [0.1, 0.15) is 5.75 Å². The summed E-state index contributed by atoms with van der Waals surface area (Å²) in [7, 11) is 0. The predicted octanol–water partition coefficient (Wildman–Crippen LogP) is 1.83. The van der Waals surface area contributed by atoms with Crippen LogP contribution < -0.4 is 10.1 Å². The molecule has 0 saturated heterocycles. The third-order valence-electron chi connectivity index (χ3n) is 2.23. The van der Waals surface area contributed by atoms with E-state index >= 15 is 0 Å². The maximum Gasteiger partial charge on any atom is 0.471 e. The molecule has 0 aliphatic carbocycles. The molecule has 0 bridgehead atoms. The van der Waals surface area contributed by atoms with Gasteiger partial charge in [0.2, 0.25) is 0 Å². The number of hydrogen-bond acceptors (Lipinski definition) is 3. The van der Waals surface area contributed by atoms with Crippen LogP contribution in [-0.4, -0.2) is 36.3 Å². The van der Waals surface area contributed by atoms with Gasteiger partial charge in [0.25, 0.3) is 0 Å². The number of halogens is 3. The van der Waals surface area contributed by atoms with E-state index in [1.54, 1.807) is 5.32 Å². The molecule has 20 heavy (non-hydrogen) atoms. The Morgan fingerprint density at radius 1 is 1.20 bits per heavy atom. The molecule has 1 aromatic rings. The fourth-order valence-electron chi connectivity index (χ4n) is 1.26. The van der Waals surface area contributed by atoms with Crippen molar-refractivity contribution in [1.82, 2.24) is 5.32 Å². The number of carboxylic acid groups (broad SMARTS) is 1. The van der Waals surface area contributed by atoms with Crippen LogP contribution in [0.5, 0.6) is 5.75 Å². The second kappa shape index (κ2) is 6.78. The van der Waals surface area contributed by atoms with E-state index in [4.69, 9.17) is 9.84 Å². The van der Waals surface area contributed by atoms with Crippen molar-refractivity contribution in [2.75, 3.05) is 13.2 Å². The molecule has 0 heterocycles. The number of carbonyl (C=O) groups is 2. The van der Waals surface area contributed by atoms with Crippen LogP contribution in [0, 0.1) is 0 Å². The number of carbonyl (C=O) groups excluding carboxylic acids is 1. The fraction of sp³-hybridized carbons (Fsp3) is 0.333. The molecule has 0 spiro atoms. The van der Waals surface area contributed by atoms with Gasteiger partial charge in [-0.1, -0.05) is 0 Å². The van der Waals surface area contributed by atoms with E-state index in [2.05, 4.69) is 0 Å². The van der Waals surface area contributed by atoms with Crippen molar-refractivity contribution in [3.05, 3.63) is 29.8 Å². The topological polar surface area (TPSA) is 75.6 Å². The quantitative estimate of drug-likeness (QED) is 0.784. The summed E-state index contributed by atoms with van der Waals surface area (Å²) in [5, 5.41) is 10.4. The Labute approximate surface area is 112 Å². The molecule has 0 radical (unpaired) electrons. The van der Waals surface area contributed by atoms with Crippen LogP contribution in [0.1, 0.15) is 16.8 Å². The molecule has 1 rings (SSSR count). The van der Waals surface area contributed by atoms with Gasteiger partial charge in [0.05, 0.1) is 12.2 Å². The second-order valence-electron chi connectivity index (χ2n) is 3.79. The molecule has 0 saturated carbocycles. The highest BCUT2D eigenvalue weighted by Crippen LogP contribution is 2.14. The van der Waals surface area contributed by atoms with Gasteiger partial charge in [-0.2, -0.15) is 13.2 Å². The molecule has 110 valence electrons. The Hall–Kier alpha value is -2.25. The monoisotopic (exact) mass is 291 g/mol. The van der Waals surface area contributed by atoms with Crippen molar-refractivity contribution in [1.29, 1.82) is 0 Å². The van der Waals surface area contributed by atoms with Gasteiger partial charge in [0.15, 0.2) is 0 Å². The maximum atomic E-state index is 11.8. The normalized spacial score (nSPS) is 10.9. The summed E-state index contributed by atoms with van der Waals surface area (Å²) in [5.41, 5.74) is 0.106. The number of carboxylic acids is 1. The van der Waals surface area contributed by atoms with Crippen molar-refractivity contribution in [3.63, 3.8) is 0 Å². The SMILES string of the molecule is O=C(O)c1ccc(OCCCNC(=O)C(F)(F)F)cc1.